The van der Waals surface area contributed by atoms with E-state index >= 15 is 0 Å². The quantitative estimate of drug-likeness (QED) is 0.890. The number of para-hydroxylation sites is 1. The van der Waals surface area contributed by atoms with Crippen molar-refractivity contribution in [2.45, 2.75) is 25.4 Å². The number of primary amides is 1. The van der Waals surface area contributed by atoms with Gasteiger partial charge >= 0.3 is 0 Å². The number of hydrogen-bond donors (Lipinski definition) is 2. The van der Waals surface area contributed by atoms with Crippen molar-refractivity contribution in [2.24, 2.45) is 5.73 Å². The highest BCUT2D eigenvalue weighted by atomic mass is 16.5. The van der Waals surface area contributed by atoms with E-state index in [1.165, 1.54) is 6.42 Å². The van der Waals surface area contributed by atoms with Gasteiger partial charge in [-0.1, -0.05) is 12.1 Å². The molecule has 0 unspecified atom stereocenters. The Morgan fingerprint density at radius 1 is 1.04 bits per heavy atom. The van der Waals surface area contributed by atoms with Crippen molar-refractivity contribution in [2.75, 3.05) is 5.32 Å². The van der Waals surface area contributed by atoms with E-state index in [-0.39, 0.29) is 12.0 Å². The first-order valence-corrected chi connectivity index (χ1v) is 7.60. The van der Waals surface area contributed by atoms with Crippen molar-refractivity contribution in [1.29, 1.82) is 0 Å². The first kappa shape index (κ1) is 15.1. The third kappa shape index (κ3) is 3.51. The van der Waals surface area contributed by atoms with Gasteiger partial charge in [-0.3, -0.25) is 9.59 Å². The van der Waals surface area contributed by atoms with E-state index in [2.05, 4.69) is 5.32 Å². The molecule has 2 aromatic carbocycles. The predicted octanol–water partition coefficient (Wildman–Crippen LogP) is 2.97. The van der Waals surface area contributed by atoms with Crippen molar-refractivity contribution in [3.05, 3.63) is 59.7 Å². The second-order valence-corrected chi connectivity index (χ2v) is 5.56. The normalized spacial score (nSPS) is 13.9. The van der Waals surface area contributed by atoms with Gasteiger partial charge in [0, 0.05) is 11.3 Å². The van der Waals surface area contributed by atoms with Crippen molar-refractivity contribution >= 4 is 17.5 Å². The van der Waals surface area contributed by atoms with Crippen molar-refractivity contribution in [3.63, 3.8) is 0 Å². The average Bonchev–Trinajstić information content (AvgIpc) is 2.52. The molecule has 0 atom stereocenters. The first-order chi connectivity index (χ1) is 11.1. The first-order valence-electron chi connectivity index (χ1n) is 7.60. The monoisotopic (exact) mass is 310 g/mol. The van der Waals surface area contributed by atoms with Crippen molar-refractivity contribution in [1.82, 2.24) is 0 Å². The van der Waals surface area contributed by atoms with Crippen molar-refractivity contribution < 1.29 is 14.3 Å². The van der Waals surface area contributed by atoms with Gasteiger partial charge < -0.3 is 15.8 Å². The highest BCUT2D eigenvalue weighted by Crippen LogP contribution is 2.28. The number of benzene rings is 2. The molecule has 0 saturated heterocycles. The van der Waals surface area contributed by atoms with Gasteiger partial charge in [-0.2, -0.15) is 0 Å². The van der Waals surface area contributed by atoms with Crippen LogP contribution in [0.2, 0.25) is 0 Å². The lowest BCUT2D eigenvalue weighted by molar-refractivity contribution is 0.0987. The number of hydrogen-bond acceptors (Lipinski definition) is 3. The molecular formula is C18H18N2O3. The number of amides is 2. The number of ether oxygens (including phenoxy) is 1. The molecule has 0 radical (unpaired) electrons. The Morgan fingerprint density at radius 2 is 1.74 bits per heavy atom. The largest absolute Gasteiger partial charge is 0.490 e. The minimum absolute atomic E-state index is 0.207. The Kier molecular flexibility index (Phi) is 4.28. The number of rotatable bonds is 5. The maximum Gasteiger partial charge on any atom is 0.259 e. The molecule has 1 saturated carbocycles. The van der Waals surface area contributed by atoms with Crippen LogP contribution in [0.25, 0.3) is 0 Å². The summed E-state index contributed by atoms with van der Waals surface area (Å²) >= 11 is 0. The van der Waals surface area contributed by atoms with Gasteiger partial charge in [0.15, 0.2) is 0 Å². The molecule has 0 heterocycles. The van der Waals surface area contributed by atoms with Crippen LogP contribution in [-0.2, 0) is 0 Å². The third-order valence-corrected chi connectivity index (χ3v) is 3.90. The summed E-state index contributed by atoms with van der Waals surface area (Å²) in [4.78, 5) is 23.5. The van der Waals surface area contributed by atoms with Crippen LogP contribution >= 0.6 is 0 Å². The van der Waals surface area contributed by atoms with Crippen LogP contribution in [0, 0.1) is 0 Å². The summed E-state index contributed by atoms with van der Waals surface area (Å²) in [5.41, 5.74) is 6.69. The zero-order valence-electron chi connectivity index (χ0n) is 12.6. The van der Waals surface area contributed by atoms with Crippen LogP contribution in [0.4, 0.5) is 5.69 Å². The fraction of sp³-hybridized carbons (Fsp3) is 0.222. The van der Waals surface area contributed by atoms with Gasteiger partial charge in [-0.25, -0.2) is 0 Å². The maximum absolute atomic E-state index is 12.5. The molecule has 1 aliphatic carbocycles. The zero-order valence-corrected chi connectivity index (χ0v) is 12.6. The Morgan fingerprint density at radius 3 is 2.35 bits per heavy atom. The van der Waals surface area contributed by atoms with Crippen LogP contribution in [0.1, 0.15) is 40.0 Å². The van der Waals surface area contributed by atoms with Gasteiger partial charge in [0.05, 0.1) is 11.7 Å². The summed E-state index contributed by atoms with van der Waals surface area (Å²) < 4.78 is 5.87. The number of carbonyl (C=O) groups excluding carboxylic acids is 2. The van der Waals surface area contributed by atoms with Crippen molar-refractivity contribution in [3.8, 4) is 5.75 Å². The second-order valence-electron chi connectivity index (χ2n) is 5.56. The highest BCUT2D eigenvalue weighted by molar-refractivity contribution is 6.06. The highest BCUT2D eigenvalue weighted by Gasteiger charge is 2.21. The Balaban J connectivity index is 1.73. The Bertz CT molecular complexity index is 721. The molecular weight excluding hydrogens is 292 g/mol. The molecule has 1 fully saturated rings. The minimum Gasteiger partial charge on any atom is -0.490 e. The lowest BCUT2D eigenvalue weighted by atomic mass is 9.96. The van der Waals surface area contributed by atoms with Crippen LogP contribution in [-0.4, -0.2) is 17.9 Å². The molecule has 0 bridgehead atoms. The van der Waals surface area contributed by atoms with E-state index in [4.69, 9.17) is 10.5 Å². The lowest BCUT2D eigenvalue weighted by Crippen LogP contribution is -2.26. The topological polar surface area (TPSA) is 81.4 Å². The molecule has 1 aliphatic rings. The number of nitrogens with two attached hydrogens (primary N) is 1. The number of carbonyl (C=O) groups is 2. The lowest BCUT2D eigenvalue weighted by Gasteiger charge is -2.27. The Labute approximate surface area is 134 Å². The summed E-state index contributed by atoms with van der Waals surface area (Å²) in [7, 11) is 0. The van der Waals surface area contributed by atoms with Gasteiger partial charge in [0.2, 0.25) is 5.91 Å². The molecule has 3 N–H and O–H groups in total. The molecule has 118 valence electrons. The van der Waals surface area contributed by atoms with Gasteiger partial charge in [-0.15, -0.1) is 0 Å². The van der Waals surface area contributed by atoms with Gasteiger partial charge in [0.25, 0.3) is 5.91 Å². The van der Waals surface area contributed by atoms with E-state index in [0.29, 0.717) is 22.6 Å². The smallest absolute Gasteiger partial charge is 0.259 e. The molecule has 0 aliphatic heterocycles. The molecule has 0 aromatic heterocycles. The van der Waals surface area contributed by atoms with Crippen LogP contribution < -0.4 is 15.8 Å². The minimum atomic E-state index is -0.498. The molecule has 0 spiro atoms. The number of anilines is 1. The van der Waals surface area contributed by atoms with E-state index in [1.807, 2.05) is 12.1 Å². The van der Waals surface area contributed by atoms with E-state index in [1.54, 1.807) is 36.4 Å². The van der Waals surface area contributed by atoms with Gasteiger partial charge in [-0.05, 0) is 55.7 Å². The predicted molar refractivity (Wildman–Crippen MR) is 87.6 cm³/mol. The van der Waals surface area contributed by atoms with E-state index in [9.17, 15) is 9.59 Å². The maximum atomic E-state index is 12.5. The third-order valence-electron chi connectivity index (χ3n) is 3.90. The molecule has 5 heteroatoms. The molecule has 2 aromatic rings. The van der Waals surface area contributed by atoms with Crippen LogP contribution in [0.15, 0.2) is 48.5 Å². The second kappa shape index (κ2) is 6.52. The summed E-state index contributed by atoms with van der Waals surface area (Å²) in [5, 5.41) is 2.80. The average molecular weight is 310 g/mol. The SMILES string of the molecule is NC(=O)c1ccc(NC(=O)c2ccccc2OC2CCC2)cc1. The van der Waals surface area contributed by atoms with Crippen LogP contribution in [0.5, 0.6) is 5.75 Å². The fourth-order valence-electron chi connectivity index (χ4n) is 2.34. The fourth-order valence-corrected chi connectivity index (χ4v) is 2.34. The summed E-state index contributed by atoms with van der Waals surface area (Å²) in [6.45, 7) is 0. The summed E-state index contributed by atoms with van der Waals surface area (Å²) in [6.07, 6.45) is 3.44. The molecule has 3 rings (SSSR count). The number of nitrogens with one attached hydrogen (secondary N) is 1. The summed E-state index contributed by atoms with van der Waals surface area (Å²) in [5.74, 6) is -0.141. The van der Waals surface area contributed by atoms with E-state index < -0.39 is 5.91 Å². The Hall–Kier alpha value is -2.82. The molecule has 23 heavy (non-hydrogen) atoms. The summed E-state index contributed by atoms with van der Waals surface area (Å²) in [6, 6.07) is 13.7. The molecule has 5 nitrogen and oxygen atoms in total. The van der Waals surface area contributed by atoms with Gasteiger partial charge in [0.1, 0.15) is 5.75 Å². The zero-order chi connectivity index (χ0) is 16.2. The van der Waals surface area contributed by atoms with Crippen LogP contribution in [0.3, 0.4) is 0 Å². The molecule has 2 amide bonds. The van der Waals surface area contributed by atoms with E-state index in [0.717, 1.165) is 12.8 Å². The standard InChI is InChI=1S/C18H18N2O3/c19-17(21)12-8-10-13(11-9-12)20-18(22)15-6-1-2-7-16(15)23-14-4-3-5-14/h1-2,6-11,14H,3-5H2,(H2,19,21)(H,20,22).